The molecule has 0 radical (unpaired) electrons. The Morgan fingerprint density at radius 2 is 1.41 bits per heavy atom. The molecule has 4 aromatic rings. The average molecular weight is 494 g/mol. The number of carbonyl (C=O) groups excluding carboxylic acids is 1. The SMILES string of the molecule is Cc1cc(C(=O)N(CCCc2ccccc2)Cc2ccc(-c3ccccc3C(=O)O)cc2)cc(C)c1O. The third-order valence-electron chi connectivity index (χ3n) is 6.56. The molecule has 1 amide bonds. The number of phenols is 1. The molecule has 37 heavy (non-hydrogen) atoms. The molecule has 0 heterocycles. The van der Waals surface area contributed by atoms with Crippen molar-refractivity contribution in [2.24, 2.45) is 0 Å². The summed E-state index contributed by atoms with van der Waals surface area (Å²) in [4.78, 5) is 27.1. The highest BCUT2D eigenvalue weighted by molar-refractivity contribution is 5.96. The number of aromatic hydroxyl groups is 1. The van der Waals surface area contributed by atoms with Crippen LogP contribution in [0.5, 0.6) is 5.75 Å². The zero-order chi connectivity index (χ0) is 26.4. The van der Waals surface area contributed by atoms with Crippen LogP contribution in [-0.4, -0.2) is 33.5 Å². The minimum atomic E-state index is -0.964. The summed E-state index contributed by atoms with van der Waals surface area (Å²) in [6.07, 6.45) is 1.68. The van der Waals surface area contributed by atoms with E-state index in [0.717, 1.165) is 24.0 Å². The summed E-state index contributed by atoms with van der Waals surface area (Å²) in [5.74, 6) is -0.835. The monoisotopic (exact) mass is 493 g/mol. The van der Waals surface area contributed by atoms with Crippen LogP contribution < -0.4 is 0 Å². The first-order chi connectivity index (χ1) is 17.8. The van der Waals surface area contributed by atoms with Crippen molar-refractivity contribution in [1.82, 2.24) is 4.90 Å². The number of carboxylic acids is 1. The molecule has 0 aliphatic rings. The summed E-state index contributed by atoms with van der Waals surface area (Å²) >= 11 is 0. The molecule has 0 aliphatic heterocycles. The molecule has 4 aromatic carbocycles. The first kappa shape index (κ1) is 25.7. The summed E-state index contributed by atoms with van der Waals surface area (Å²) in [5.41, 5.74) is 5.82. The van der Waals surface area contributed by atoms with E-state index in [-0.39, 0.29) is 17.2 Å². The molecule has 0 unspecified atom stereocenters. The maximum absolute atomic E-state index is 13.6. The number of phenolic OH excluding ortho intramolecular Hbond substituents is 1. The minimum Gasteiger partial charge on any atom is -0.507 e. The van der Waals surface area contributed by atoms with E-state index in [1.54, 1.807) is 44.2 Å². The third kappa shape index (κ3) is 6.25. The van der Waals surface area contributed by atoms with Gasteiger partial charge in [0.05, 0.1) is 5.56 Å². The molecule has 0 atom stereocenters. The second kappa shape index (κ2) is 11.6. The van der Waals surface area contributed by atoms with Gasteiger partial charge >= 0.3 is 5.97 Å². The Balaban J connectivity index is 1.56. The molecule has 5 nitrogen and oxygen atoms in total. The van der Waals surface area contributed by atoms with E-state index in [4.69, 9.17) is 0 Å². The number of amides is 1. The van der Waals surface area contributed by atoms with Crippen molar-refractivity contribution in [3.05, 3.63) is 124 Å². The maximum atomic E-state index is 13.6. The average Bonchev–Trinajstić information content (AvgIpc) is 2.91. The second-order valence-electron chi connectivity index (χ2n) is 9.32. The van der Waals surface area contributed by atoms with Gasteiger partial charge in [-0.1, -0.05) is 72.8 Å². The van der Waals surface area contributed by atoms with Crippen LogP contribution in [0, 0.1) is 13.8 Å². The van der Waals surface area contributed by atoms with Crippen molar-refractivity contribution in [3.63, 3.8) is 0 Å². The smallest absolute Gasteiger partial charge is 0.336 e. The van der Waals surface area contributed by atoms with E-state index in [2.05, 4.69) is 12.1 Å². The van der Waals surface area contributed by atoms with E-state index in [9.17, 15) is 19.8 Å². The highest BCUT2D eigenvalue weighted by Gasteiger charge is 2.19. The fourth-order valence-corrected chi connectivity index (χ4v) is 4.56. The van der Waals surface area contributed by atoms with Crippen molar-refractivity contribution < 1.29 is 19.8 Å². The quantitative estimate of drug-likeness (QED) is 0.274. The molecule has 0 aliphatic carbocycles. The molecule has 0 saturated carbocycles. The standard InChI is InChI=1S/C32H31NO4/c1-22-19-27(20-23(2)30(22)34)31(35)33(18-8-11-24-9-4-3-5-10-24)21-25-14-16-26(17-15-25)28-12-6-7-13-29(28)32(36)37/h3-7,9-10,12-17,19-20,34H,8,11,18,21H2,1-2H3,(H,36,37). The third-order valence-corrected chi connectivity index (χ3v) is 6.56. The Labute approximate surface area is 217 Å². The lowest BCUT2D eigenvalue weighted by Crippen LogP contribution is -2.32. The molecule has 0 saturated heterocycles. The number of carbonyl (C=O) groups is 2. The molecule has 0 spiro atoms. The highest BCUT2D eigenvalue weighted by Crippen LogP contribution is 2.26. The lowest BCUT2D eigenvalue weighted by Gasteiger charge is -2.24. The number of hydrogen-bond acceptors (Lipinski definition) is 3. The molecule has 188 valence electrons. The molecule has 2 N–H and O–H groups in total. The topological polar surface area (TPSA) is 77.8 Å². The molecule has 0 fully saturated rings. The fourth-order valence-electron chi connectivity index (χ4n) is 4.56. The summed E-state index contributed by atoms with van der Waals surface area (Å²) in [7, 11) is 0. The molecular formula is C32H31NO4. The van der Waals surface area contributed by atoms with Crippen molar-refractivity contribution in [3.8, 4) is 16.9 Å². The summed E-state index contributed by atoms with van der Waals surface area (Å²) < 4.78 is 0. The summed E-state index contributed by atoms with van der Waals surface area (Å²) in [6, 6.07) is 28.3. The van der Waals surface area contributed by atoms with Gasteiger partial charge in [0, 0.05) is 18.7 Å². The number of benzene rings is 4. The number of hydrogen-bond donors (Lipinski definition) is 2. The zero-order valence-corrected chi connectivity index (χ0v) is 21.1. The van der Waals surface area contributed by atoms with Gasteiger partial charge in [0.15, 0.2) is 0 Å². The molecule has 0 bridgehead atoms. The minimum absolute atomic E-state index is 0.0837. The van der Waals surface area contributed by atoms with Crippen LogP contribution in [0.1, 0.15) is 49.4 Å². The fraction of sp³-hybridized carbons (Fsp3) is 0.188. The second-order valence-corrected chi connectivity index (χ2v) is 9.32. The van der Waals surface area contributed by atoms with Crippen LogP contribution in [0.3, 0.4) is 0 Å². The van der Waals surface area contributed by atoms with Crippen molar-refractivity contribution >= 4 is 11.9 Å². The molecule has 4 rings (SSSR count). The molecule has 0 aromatic heterocycles. The van der Waals surface area contributed by atoms with Crippen LogP contribution >= 0.6 is 0 Å². The Kier molecular flexibility index (Phi) is 8.04. The number of rotatable bonds is 9. The van der Waals surface area contributed by atoms with Gasteiger partial charge in [-0.15, -0.1) is 0 Å². The predicted octanol–water partition coefficient (Wildman–Crippen LogP) is 6.65. The van der Waals surface area contributed by atoms with Gasteiger partial charge in [0.25, 0.3) is 5.91 Å². The lowest BCUT2D eigenvalue weighted by molar-refractivity contribution is 0.0696. The Morgan fingerprint density at radius 1 is 0.784 bits per heavy atom. The van der Waals surface area contributed by atoms with Crippen molar-refractivity contribution in [1.29, 1.82) is 0 Å². The van der Waals surface area contributed by atoms with Gasteiger partial charge in [-0.2, -0.15) is 0 Å². The first-order valence-corrected chi connectivity index (χ1v) is 12.4. The Bertz CT molecular complexity index is 1370. The van der Waals surface area contributed by atoms with E-state index >= 15 is 0 Å². The van der Waals surface area contributed by atoms with E-state index in [1.165, 1.54) is 5.56 Å². The van der Waals surface area contributed by atoms with E-state index < -0.39 is 5.97 Å². The Hall–Kier alpha value is -4.38. The number of aromatic carboxylic acids is 1. The van der Waals surface area contributed by atoms with Crippen molar-refractivity contribution in [2.45, 2.75) is 33.2 Å². The predicted molar refractivity (Wildman–Crippen MR) is 146 cm³/mol. The van der Waals surface area contributed by atoms with Crippen molar-refractivity contribution in [2.75, 3.05) is 6.54 Å². The summed E-state index contributed by atoms with van der Waals surface area (Å²) in [6.45, 7) is 4.60. The van der Waals surface area contributed by atoms with Gasteiger partial charge in [0.1, 0.15) is 5.75 Å². The summed E-state index contributed by atoms with van der Waals surface area (Å²) in [5, 5.41) is 19.7. The zero-order valence-electron chi connectivity index (χ0n) is 21.1. The lowest BCUT2D eigenvalue weighted by atomic mass is 9.98. The molecular weight excluding hydrogens is 462 g/mol. The van der Waals surface area contributed by atoms with E-state index in [0.29, 0.717) is 35.3 Å². The maximum Gasteiger partial charge on any atom is 0.336 e. The van der Waals surface area contributed by atoms with Gasteiger partial charge in [-0.3, -0.25) is 4.79 Å². The van der Waals surface area contributed by atoms with Gasteiger partial charge in [0.2, 0.25) is 0 Å². The number of aryl methyl sites for hydroxylation is 3. The highest BCUT2D eigenvalue weighted by atomic mass is 16.4. The largest absolute Gasteiger partial charge is 0.507 e. The van der Waals surface area contributed by atoms with Crippen LogP contribution in [0.25, 0.3) is 11.1 Å². The van der Waals surface area contributed by atoms with Crippen LogP contribution in [-0.2, 0) is 13.0 Å². The number of carboxylic acid groups (broad SMARTS) is 1. The van der Waals surface area contributed by atoms with Crippen LogP contribution in [0.4, 0.5) is 0 Å². The van der Waals surface area contributed by atoms with E-state index in [1.807, 2.05) is 53.4 Å². The first-order valence-electron chi connectivity index (χ1n) is 12.4. The van der Waals surface area contributed by atoms with Crippen LogP contribution in [0.2, 0.25) is 0 Å². The van der Waals surface area contributed by atoms with Gasteiger partial charge < -0.3 is 15.1 Å². The van der Waals surface area contributed by atoms with Gasteiger partial charge in [-0.05, 0) is 78.3 Å². The van der Waals surface area contributed by atoms with Crippen LogP contribution in [0.15, 0.2) is 91.0 Å². The number of nitrogens with zero attached hydrogens (tertiary/aromatic N) is 1. The molecule has 5 heteroatoms. The van der Waals surface area contributed by atoms with Gasteiger partial charge in [-0.25, -0.2) is 4.79 Å². The normalized spacial score (nSPS) is 10.8. The Morgan fingerprint density at radius 3 is 2.05 bits per heavy atom.